The minimum Gasteiger partial charge on any atom is -0.493 e. The van der Waals surface area contributed by atoms with Crippen LogP contribution in [-0.4, -0.2) is 29.0 Å². The normalized spacial score (nSPS) is 14.3. The molecule has 2 unspecified atom stereocenters. The number of ether oxygens (including phenoxy) is 1. The van der Waals surface area contributed by atoms with E-state index >= 15 is 0 Å². The van der Waals surface area contributed by atoms with Crippen LogP contribution >= 0.6 is 0 Å². The highest BCUT2D eigenvalue weighted by atomic mass is 16.5. The zero-order chi connectivity index (χ0) is 15.1. The number of aliphatic hydroxyl groups excluding tert-OH is 2. The Morgan fingerprint density at radius 2 is 1.85 bits per heavy atom. The molecule has 1 aromatic carbocycles. The second-order valence-corrected chi connectivity index (χ2v) is 5.87. The van der Waals surface area contributed by atoms with Gasteiger partial charge in [-0.05, 0) is 55.4 Å². The second kappa shape index (κ2) is 8.28. The topological polar surface area (TPSA) is 49.7 Å². The number of aryl methyl sites for hydroxylation is 2. The summed E-state index contributed by atoms with van der Waals surface area (Å²) in [6.07, 6.45) is 0.679. The van der Waals surface area contributed by atoms with Crippen LogP contribution in [0.25, 0.3) is 0 Å². The van der Waals surface area contributed by atoms with Crippen molar-refractivity contribution >= 4 is 0 Å². The molecule has 114 valence electrons. The van der Waals surface area contributed by atoms with Gasteiger partial charge in [-0.3, -0.25) is 0 Å². The molecule has 0 heterocycles. The van der Waals surface area contributed by atoms with Gasteiger partial charge in [0, 0.05) is 0 Å². The van der Waals surface area contributed by atoms with Gasteiger partial charge in [0.15, 0.2) is 0 Å². The Morgan fingerprint density at radius 3 is 2.40 bits per heavy atom. The van der Waals surface area contributed by atoms with Crippen LogP contribution < -0.4 is 4.74 Å². The maximum atomic E-state index is 9.80. The van der Waals surface area contributed by atoms with E-state index in [1.165, 1.54) is 11.1 Å². The highest BCUT2D eigenvalue weighted by Crippen LogP contribution is 2.20. The van der Waals surface area contributed by atoms with Crippen molar-refractivity contribution in [3.05, 3.63) is 29.3 Å². The maximum Gasteiger partial charge on any atom is 0.119 e. The first-order chi connectivity index (χ1) is 9.43. The molecular formula is C17H28O3. The Hall–Kier alpha value is -1.06. The van der Waals surface area contributed by atoms with Gasteiger partial charge in [-0.25, -0.2) is 0 Å². The first-order valence-corrected chi connectivity index (χ1v) is 7.52. The van der Waals surface area contributed by atoms with Gasteiger partial charge in [-0.15, -0.1) is 0 Å². The smallest absolute Gasteiger partial charge is 0.119 e. The molecule has 0 aliphatic rings. The van der Waals surface area contributed by atoms with Crippen LogP contribution in [0.4, 0.5) is 0 Å². The quantitative estimate of drug-likeness (QED) is 0.769. The summed E-state index contributed by atoms with van der Waals surface area (Å²) in [6.45, 7) is 8.91. The Bertz CT molecular complexity index is 401. The maximum absolute atomic E-state index is 9.80. The van der Waals surface area contributed by atoms with Crippen molar-refractivity contribution < 1.29 is 14.9 Å². The summed E-state index contributed by atoms with van der Waals surface area (Å²) in [5, 5.41) is 19.4. The summed E-state index contributed by atoms with van der Waals surface area (Å²) in [6, 6.07) is 6.07. The van der Waals surface area contributed by atoms with E-state index in [-0.39, 0.29) is 0 Å². The number of aliphatic hydroxyl groups is 2. The fourth-order valence-electron chi connectivity index (χ4n) is 2.07. The van der Waals surface area contributed by atoms with Crippen LogP contribution in [0.3, 0.4) is 0 Å². The van der Waals surface area contributed by atoms with Crippen molar-refractivity contribution in [2.45, 2.75) is 59.2 Å². The van der Waals surface area contributed by atoms with Crippen LogP contribution in [0.1, 0.15) is 44.7 Å². The predicted molar refractivity (Wildman–Crippen MR) is 82.1 cm³/mol. The van der Waals surface area contributed by atoms with Crippen LogP contribution in [0.2, 0.25) is 0 Å². The second-order valence-electron chi connectivity index (χ2n) is 5.87. The molecule has 2 N–H and O–H groups in total. The molecule has 0 amide bonds. The monoisotopic (exact) mass is 280 g/mol. The zero-order valence-electron chi connectivity index (χ0n) is 13.1. The van der Waals surface area contributed by atoms with E-state index in [1.54, 1.807) is 0 Å². The SMILES string of the molecule is CCC(O)C(O)CCc1ccc(OCC(C)C)cc1C. The van der Waals surface area contributed by atoms with E-state index in [4.69, 9.17) is 4.74 Å². The third-order valence-electron chi connectivity index (χ3n) is 3.47. The van der Waals surface area contributed by atoms with Crippen LogP contribution in [0.5, 0.6) is 5.75 Å². The molecule has 0 aromatic heterocycles. The van der Waals surface area contributed by atoms with Crippen molar-refractivity contribution in [2.75, 3.05) is 6.61 Å². The molecule has 0 saturated heterocycles. The van der Waals surface area contributed by atoms with E-state index in [0.717, 1.165) is 18.8 Å². The minimum atomic E-state index is -0.642. The standard InChI is InChI=1S/C17H28O3/c1-5-16(18)17(19)9-7-14-6-8-15(10-13(14)4)20-11-12(2)3/h6,8,10,12,16-19H,5,7,9,11H2,1-4H3. The van der Waals surface area contributed by atoms with Gasteiger partial charge in [0.05, 0.1) is 18.8 Å². The van der Waals surface area contributed by atoms with Gasteiger partial charge in [0.2, 0.25) is 0 Å². The fourth-order valence-corrected chi connectivity index (χ4v) is 2.07. The Balaban J connectivity index is 2.55. The van der Waals surface area contributed by atoms with E-state index in [9.17, 15) is 10.2 Å². The van der Waals surface area contributed by atoms with E-state index in [0.29, 0.717) is 18.8 Å². The van der Waals surface area contributed by atoms with Crippen molar-refractivity contribution in [2.24, 2.45) is 5.92 Å². The van der Waals surface area contributed by atoms with Crippen LogP contribution in [-0.2, 0) is 6.42 Å². The molecule has 20 heavy (non-hydrogen) atoms. The third kappa shape index (κ3) is 5.51. The number of rotatable bonds is 8. The van der Waals surface area contributed by atoms with Gasteiger partial charge in [-0.1, -0.05) is 26.8 Å². The summed E-state index contributed by atoms with van der Waals surface area (Å²) < 4.78 is 5.70. The van der Waals surface area contributed by atoms with Gasteiger partial charge in [-0.2, -0.15) is 0 Å². The molecule has 3 nitrogen and oxygen atoms in total. The number of benzene rings is 1. The Kier molecular flexibility index (Phi) is 7.03. The first-order valence-electron chi connectivity index (χ1n) is 7.52. The fraction of sp³-hybridized carbons (Fsp3) is 0.647. The molecule has 0 saturated carbocycles. The van der Waals surface area contributed by atoms with Crippen molar-refractivity contribution in [3.8, 4) is 5.75 Å². The lowest BCUT2D eigenvalue weighted by Crippen LogP contribution is -2.25. The molecule has 0 bridgehead atoms. The average Bonchev–Trinajstić information content (AvgIpc) is 2.42. The largest absolute Gasteiger partial charge is 0.493 e. The molecule has 0 fully saturated rings. The molecule has 2 atom stereocenters. The summed E-state index contributed by atoms with van der Waals surface area (Å²) in [5.41, 5.74) is 2.37. The van der Waals surface area contributed by atoms with Crippen LogP contribution in [0, 0.1) is 12.8 Å². The zero-order valence-corrected chi connectivity index (χ0v) is 13.1. The first kappa shape index (κ1) is 17.0. The Morgan fingerprint density at radius 1 is 1.15 bits per heavy atom. The number of hydrogen-bond donors (Lipinski definition) is 2. The summed E-state index contributed by atoms with van der Waals surface area (Å²) >= 11 is 0. The van der Waals surface area contributed by atoms with E-state index < -0.39 is 12.2 Å². The van der Waals surface area contributed by atoms with Gasteiger partial charge >= 0.3 is 0 Å². The Labute approximate surface area is 122 Å². The molecule has 1 aromatic rings. The van der Waals surface area contributed by atoms with Crippen molar-refractivity contribution in [1.29, 1.82) is 0 Å². The van der Waals surface area contributed by atoms with Crippen molar-refractivity contribution in [1.82, 2.24) is 0 Å². The van der Waals surface area contributed by atoms with E-state index in [2.05, 4.69) is 26.8 Å². The minimum absolute atomic E-state index is 0.515. The predicted octanol–water partition coefficient (Wildman–Crippen LogP) is 3.09. The molecular weight excluding hydrogens is 252 g/mol. The molecule has 0 radical (unpaired) electrons. The molecule has 0 spiro atoms. The highest BCUT2D eigenvalue weighted by molar-refractivity contribution is 5.34. The summed E-state index contributed by atoms with van der Waals surface area (Å²) in [5.74, 6) is 1.41. The van der Waals surface area contributed by atoms with Crippen LogP contribution in [0.15, 0.2) is 18.2 Å². The lowest BCUT2D eigenvalue weighted by atomic mass is 9.99. The van der Waals surface area contributed by atoms with E-state index in [1.807, 2.05) is 19.1 Å². The summed E-state index contributed by atoms with van der Waals surface area (Å²) in [4.78, 5) is 0. The molecule has 1 rings (SSSR count). The lowest BCUT2D eigenvalue weighted by molar-refractivity contribution is 0.0130. The van der Waals surface area contributed by atoms with Gasteiger partial charge in [0.25, 0.3) is 0 Å². The number of hydrogen-bond acceptors (Lipinski definition) is 3. The molecule has 3 heteroatoms. The molecule has 0 aliphatic carbocycles. The average molecular weight is 280 g/mol. The highest BCUT2D eigenvalue weighted by Gasteiger charge is 2.14. The summed E-state index contributed by atoms with van der Waals surface area (Å²) in [7, 11) is 0. The molecule has 0 aliphatic heterocycles. The van der Waals surface area contributed by atoms with Crippen molar-refractivity contribution in [3.63, 3.8) is 0 Å². The van der Waals surface area contributed by atoms with Gasteiger partial charge in [0.1, 0.15) is 5.75 Å². The van der Waals surface area contributed by atoms with Gasteiger partial charge < -0.3 is 14.9 Å². The lowest BCUT2D eigenvalue weighted by Gasteiger charge is -2.17. The third-order valence-corrected chi connectivity index (χ3v) is 3.47.